The van der Waals surface area contributed by atoms with Gasteiger partial charge in [-0.25, -0.2) is 4.98 Å². The Labute approximate surface area is 117 Å². The monoisotopic (exact) mass is 277 g/mol. The topological polar surface area (TPSA) is 36.4 Å². The summed E-state index contributed by atoms with van der Waals surface area (Å²) in [5, 5.41) is 1.32. The van der Waals surface area contributed by atoms with Crippen molar-refractivity contribution in [2.75, 3.05) is 33.1 Å². The zero-order valence-corrected chi connectivity index (χ0v) is 12.2. The molecule has 0 atom stereocenters. The normalized spacial score (nSPS) is 10.6. The van der Waals surface area contributed by atoms with Gasteiger partial charge in [-0.05, 0) is 12.1 Å². The third-order valence-corrected chi connectivity index (χ3v) is 3.18. The molecule has 1 aromatic heterocycles. The standard InChI is InChI=1S/C14H16ClN3O/c1-17(2)12-8-10(14(19)18(3)4)9-6-5-7-11(15)13(9)16-12/h5-8H,1-4H3. The number of hydrogen-bond acceptors (Lipinski definition) is 3. The van der Waals surface area contributed by atoms with Gasteiger partial charge in [0.05, 0.1) is 16.1 Å². The highest BCUT2D eigenvalue weighted by Crippen LogP contribution is 2.28. The number of pyridine rings is 1. The van der Waals surface area contributed by atoms with E-state index in [1.165, 1.54) is 0 Å². The van der Waals surface area contributed by atoms with Gasteiger partial charge >= 0.3 is 0 Å². The van der Waals surface area contributed by atoms with Crippen LogP contribution >= 0.6 is 11.6 Å². The predicted octanol–water partition coefficient (Wildman–Crippen LogP) is 2.66. The van der Waals surface area contributed by atoms with Crippen molar-refractivity contribution >= 4 is 34.2 Å². The van der Waals surface area contributed by atoms with Crippen LogP contribution in [0.25, 0.3) is 10.9 Å². The van der Waals surface area contributed by atoms with Crippen LogP contribution in [0.2, 0.25) is 5.02 Å². The molecule has 0 saturated heterocycles. The molecule has 0 saturated carbocycles. The molecule has 0 spiro atoms. The first-order valence-corrected chi connectivity index (χ1v) is 6.28. The zero-order chi connectivity index (χ0) is 14.2. The van der Waals surface area contributed by atoms with E-state index >= 15 is 0 Å². The molecule has 0 unspecified atom stereocenters. The first-order valence-electron chi connectivity index (χ1n) is 5.90. The molecular weight excluding hydrogens is 262 g/mol. The number of para-hydroxylation sites is 1. The maximum atomic E-state index is 12.3. The van der Waals surface area contributed by atoms with Crippen molar-refractivity contribution in [3.05, 3.63) is 34.9 Å². The number of halogens is 1. The van der Waals surface area contributed by atoms with Gasteiger partial charge in [0.1, 0.15) is 5.82 Å². The van der Waals surface area contributed by atoms with Crippen LogP contribution in [-0.2, 0) is 0 Å². The Morgan fingerprint density at radius 2 is 1.89 bits per heavy atom. The van der Waals surface area contributed by atoms with Crippen LogP contribution in [0, 0.1) is 0 Å². The van der Waals surface area contributed by atoms with Crippen molar-refractivity contribution < 1.29 is 4.79 Å². The first-order chi connectivity index (χ1) is 8.91. The van der Waals surface area contributed by atoms with Crippen LogP contribution in [0.4, 0.5) is 5.82 Å². The Balaban J connectivity index is 2.80. The lowest BCUT2D eigenvalue weighted by Gasteiger charge is -2.17. The van der Waals surface area contributed by atoms with Gasteiger partial charge in [0.15, 0.2) is 0 Å². The molecule has 19 heavy (non-hydrogen) atoms. The molecule has 0 N–H and O–H groups in total. The van der Waals surface area contributed by atoms with Crippen LogP contribution in [-0.4, -0.2) is 44.0 Å². The largest absolute Gasteiger partial charge is 0.363 e. The second-order valence-electron chi connectivity index (χ2n) is 4.76. The summed E-state index contributed by atoms with van der Waals surface area (Å²) in [7, 11) is 7.23. The van der Waals surface area contributed by atoms with Crippen LogP contribution in [0.5, 0.6) is 0 Å². The molecule has 4 nitrogen and oxygen atoms in total. The lowest BCUT2D eigenvalue weighted by atomic mass is 10.1. The van der Waals surface area contributed by atoms with E-state index in [-0.39, 0.29) is 5.91 Å². The number of rotatable bonds is 2. The average molecular weight is 278 g/mol. The van der Waals surface area contributed by atoms with Gasteiger partial charge in [0, 0.05) is 33.6 Å². The maximum Gasteiger partial charge on any atom is 0.254 e. The number of benzene rings is 1. The SMILES string of the molecule is CN(C)C(=O)c1cc(N(C)C)nc2c(Cl)cccc12. The Kier molecular flexibility index (Phi) is 3.62. The van der Waals surface area contributed by atoms with E-state index in [0.29, 0.717) is 21.9 Å². The molecule has 1 heterocycles. The molecule has 1 amide bonds. The molecule has 2 rings (SSSR count). The number of fused-ring (bicyclic) bond motifs is 1. The van der Waals surface area contributed by atoms with Crippen molar-refractivity contribution in [3.8, 4) is 0 Å². The van der Waals surface area contributed by atoms with E-state index in [1.807, 2.05) is 31.1 Å². The maximum absolute atomic E-state index is 12.3. The molecular formula is C14H16ClN3O. The number of amides is 1. The van der Waals surface area contributed by atoms with E-state index < -0.39 is 0 Å². The van der Waals surface area contributed by atoms with Crippen LogP contribution < -0.4 is 4.90 Å². The second-order valence-corrected chi connectivity index (χ2v) is 5.17. The third kappa shape index (κ3) is 2.49. The summed E-state index contributed by atoms with van der Waals surface area (Å²) < 4.78 is 0. The van der Waals surface area contributed by atoms with Crippen molar-refractivity contribution in [1.29, 1.82) is 0 Å². The van der Waals surface area contributed by atoms with Crippen molar-refractivity contribution in [3.63, 3.8) is 0 Å². The average Bonchev–Trinajstić information content (AvgIpc) is 2.37. The van der Waals surface area contributed by atoms with Crippen LogP contribution in [0.1, 0.15) is 10.4 Å². The molecule has 0 fully saturated rings. The van der Waals surface area contributed by atoms with Gasteiger partial charge in [-0.1, -0.05) is 23.7 Å². The molecule has 0 aliphatic carbocycles. The number of aromatic nitrogens is 1. The summed E-state index contributed by atoms with van der Waals surface area (Å²) in [6.45, 7) is 0. The smallest absolute Gasteiger partial charge is 0.254 e. The lowest BCUT2D eigenvalue weighted by Crippen LogP contribution is -2.23. The van der Waals surface area contributed by atoms with Gasteiger partial charge in [-0.3, -0.25) is 4.79 Å². The second kappa shape index (κ2) is 5.05. The van der Waals surface area contributed by atoms with Crippen LogP contribution in [0.3, 0.4) is 0 Å². The quantitative estimate of drug-likeness (QED) is 0.847. The number of carbonyl (C=O) groups is 1. The molecule has 5 heteroatoms. The highest BCUT2D eigenvalue weighted by molar-refractivity contribution is 6.35. The Morgan fingerprint density at radius 1 is 1.21 bits per heavy atom. The number of nitrogens with zero attached hydrogens (tertiary/aromatic N) is 3. The minimum Gasteiger partial charge on any atom is -0.363 e. The van der Waals surface area contributed by atoms with E-state index in [1.54, 1.807) is 31.1 Å². The third-order valence-electron chi connectivity index (χ3n) is 2.87. The summed E-state index contributed by atoms with van der Waals surface area (Å²) >= 11 is 6.18. The Bertz CT molecular complexity index is 638. The minimum atomic E-state index is -0.0576. The highest BCUT2D eigenvalue weighted by atomic mass is 35.5. The summed E-state index contributed by atoms with van der Waals surface area (Å²) in [6.07, 6.45) is 0. The fourth-order valence-electron chi connectivity index (χ4n) is 1.85. The van der Waals surface area contributed by atoms with E-state index in [9.17, 15) is 4.79 Å². The summed E-state index contributed by atoms with van der Waals surface area (Å²) in [5.74, 6) is 0.656. The highest BCUT2D eigenvalue weighted by Gasteiger charge is 2.16. The fourth-order valence-corrected chi connectivity index (χ4v) is 2.06. The molecule has 1 aromatic carbocycles. The Hall–Kier alpha value is -1.81. The minimum absolute atomic E-state index is 0.0576. The molecule has 0 aliphatic rings. The number of hydrogen-bond donors (Lipinski definition) is 0. The summed E-state index contributed by atoms with van der Waals surface area (Å²) in [6, 6.07) is 7.26. The van der Waals surface area contributed by atoms with Gasteiger partial charge in [-0.2, -0.15) is 0 Å². The molecule has 0 bridgehead atoms. The van der Waals surface area contributed by atoms with E-state index in [2.05, 4.69) is 4.98 Å². The van der Waals surface area contributed by atoms with E-state index in [0.717, 1.165) is 5.39 Å². The van der Waals surface area contributed by atoms with Crippen molar-refractivity contribution in [1.82, 2.24) is 9.88 Å². The first kappa shape index (κ1) is 13.6. The van der Waals surface area contributed by atoms with Gasteiger partial charge in [-0.15, -0.1) is 0 Å². The number of anilines is 1. The lowest BCUT2D eigenvalue weighted by molar-refractivity contribution is 0.0829. The van der Waals surface area contributed by atoms with Crippen molar-refractivity contribution in [2.45, 2.75) is 0 Å². The van der Waals surface area contributed by atoms with Crippen molar-refractivity contribution in [2.24, 2.45) is 0 Å². The summed E-state index contributed by atoms with van der Waals surface area (Å²) in [4.78, 5) is 20.2. The molecule has 100 valence electrons. The van der Waals surface area contributed by atoms with Gasteiger partial charge in [0.2, 0.25) is 0 Å². The Morgan fingerprint density at radius 3 is 2.47 bits per heavy atom. The predicted molar refractivity (Wildman–Crippen MR) is 79.1 cm³/mol. The number of carbonyl (C=O) groups excluding carboxylic acids is 1. The molecule has 2 aromatic rings. The molecule has 0 radical (unpaired) electrons. The zero-order valence-electron chi connectivity index (χ0n) is 11.4. The van der Waals surface area contributed by atoms with Gasteiger partial charge < -0.3 is 9.80 Å². The fraction of sp³-hybridized carbons (Fsp3) is 0.286. The van der Waals surface area contributed by atoms with Gasteiger partial charge in [0.25, 0.3) is 5.91 Å². The summed E-state index contributed by atoms with van der Waals surface area (Å²) in [5.41, 5.74) is 1.27. The van der Waals surface area contributed by atoms with Crippen LogP contribution in [0.15, 0.2) is 24.3 Å². The van der Waals surface area contributed by atoms with E-state index in [4.69, 9.17) is 11.6 Å². The molecule has 0 aliphatic heterocycles.